The first kappa shape index (κ1) is 30.2. The Morgan fingerprint density at radius 3 is 1.95 bits per heavy atom. The van der Waals surface area contributed by atoms with Crippen LogP contribution >= 0.6 is 0 Å². The van der Waals surface area contributed by atoms with Gasteiger partial charge < -0.3 is 18.9 Å². The zero-order valence-corrected chi connectivity index (χ0v) is 24.3. The summed E-state index contributed by atoms with van der Waals surface area (Å²) in [6.07, 6.45) is 0.567. The van der Waals surface area contributed by atoms with Gasteiger partial charge in [-0.25, -0.2) is 9.59 Å². The third-order valence-electron chi connectivity index (χ3n) is 6.12. The molecule has 0 fully saturated rings. The molecule has 1 amide bonds. The second-order valence-electron chi connectivity index (χ2n) is 10.7. The molecular formula is C35H37NO6. The molecule has 0 aliphatic heterocycles. The highest BCUT2D eigenvalue weighted by atomic mass is 16.6. The van der Waals surface area contributed by atoms with Gasteiger partial charge in [-0.2, -0.15) is 0 Å². The third-order valence-corrected chi connectivity index (χ3v) is 6.12. The van der Waals surface area contributed by atoms with Crippen LogP contribution < -0.4 is 14.8 Å². The number of para-hydroxylation sites is 2. The van der Waals surface area contributed by atoms with Crippen LogP contribution in [-0.2, 0) is 29.1 Å². The van der Waals surface area contributed by atoms with Gasteiger partial charge >= 0.3 is 12.1 Å². The zero-order chi connectivity index (χ0) is 29.8. The Hall–Kier alpha value is -4.78. The summed E-state index contributed by atoms with van der Waals surface area (Å²) in [5.74, 6) is 0.879. The van der Waals surface area contributed by atoms with Crippen LogP contribution in [0.4, 0.5) is 10.5 Å². The van der Waals surface area contributed by atoms with Gasteiger partial charge in [-0.1, -0.05) is 72.8 Å². The fraction of sp³-hybridized carbons (Fsp3) is 0.257. The van der Waals surface area contributed by atoms with E-state index in [4.69, 9.17) is 18.9 Å². The van der Waals surface area contributed by atoms with E-state index < -0.39 is 17.7 Å². The first-order valence-electron chi connectivity index (χ1n) is 14.0. The summed E-state index contributed by atoms with van der Waals surface area (Å²) < 4.78 is 23.1. The zero-order valence-electron chi connectivity index (χ0n) is 24.3. The quantitative estimate of drug-likeness (QED) is 0.138. The van der Waals surface area contributed by atoms with Gasteiger partial charge in [0.2, 0.25) is 0 Å². The second-order valence-corrected chi connectivity index (χ2v) is 10.7. The molecule has 0 unspecified atom stereocenters. The topological polar surface area (TPSA) is 83.1 Å². The average molecular weight is 568 g/mol. The molecule has 0 saturated carbocycles. The number of esters is 1. The molecule has 42 heavy (non-hydrogen) atoms. The lowest BCUT2D eigenvalue weighted by Gasteiger charge is -2.20. The number of carbonyl (C=O) groups is 2. The summed E-state index contributed by atoms with van der Waals surface area (Å²) in [4.78, 5) is 25.4. The normalized spacial score (nSPS) is 10.9. The van der Waals surface area contributed by atoms with Gasteiger partial charge in [0.15, 0.2) is 11.5 Å². The van der Waals surface area contributed by atoms with Crippen molar-refractivity contribution in [3.8, 4) is 11.5 Å². The highest BCUT2D eigenvalue weighted by molar-refractivity contribution is 5.93. The van der Waals surface area contributed by atoms with Gasteiger partial charge in [0, 0.05) is 5.69 Å². The Morgan fingerprint density at radius 1 is 0.714 bits per heavy atom. The lowest BCUT2D eigenvalue weighted by molar-refractivity contribution is 0.0471. The molecule has 0 radical (unpaired) electrons. The van der Waals surface area contributed by atoms with E-state index in [2.05, 4.69) is 5.32 Å². The van der Waals surface area contributed by atoms with E-state index >= 15 is 0 Å². The number of aryl methyl sites for hydroxylation is 1. The van der Waals surface area contributed by atoms with E-state index in [0.717, 1.165) is 16.7 Å². The SMILES string of the molecule is CC(C)(C)OC(=O)Nc1ccc(C(=O)OCc2ccccc2)c(CCCOc2ccccc2OCc2ccccc2)c1. The van der Waals surface area contributed by atoms with Crippen molar-refractivity contribution >= 4 is 17.7 Å². The summed E-state index contributed by atoms with van der Waals surface area (Å²) in [6.45, 7) is 6.40. The van der Waals surface area contributed by atoms with Crippen molar-refractivity contribution in [2.75, 3.05) is 11.9 Å². The van der Waals surface area contributed by atoms with Gasteiger partial charge in [0.25, 0.3) is 0 Å². The number of nitrogens with one attached hydrogen (secondary N) is 1. The molecule has 0 spiro atoms. The fourth-order valence-electron chi connectivity index (χ4n) is 4.17. The molecule has 0 bridgehead atoms. The smallest absolute Gasteiger partial charge is 0.412 e. The van der Waals surface area contributed by atoms with E-state index in [1.165, 1.54) is 0 Å². The average Bonchev–Trinajstić information content (AvgIpc) is 2.98. The van der Waals surface area contributed by atoms with Crippen LogP contribution in [-0.4, -0.2) is 24.3 Å². The number of carbonyl (C=O) groups excluding carboxylic acids is 2. The number of benzene rings is 4. The Labute approximate surface area is 247 Å². The van der Waals surface area contributed by atoms with Gasteiger partial charge in [0.1, 0.15) is 18.8 Å². The van der Waals surface area contributed by atoms with Crippen molar-refractivity contribution in [1.29, 1.82) is 0 Å². The molecule has 0 atom stereocenters. The lowest BCUT2D eigenvalue weighted by Crippen LogP contribution is -2.27. The lowest BCUT2D eigenvalue weighted by atomic mass is 10.0. The Kier molecular flexibility index (Phi) is 10.6. The fourth-order valence-corrected chi connectivity index (χ4v) is 4.17. The maximum absolute atomic E-state index is 13.1. The number of rotatable bonds is 12. The maximum atomic E-state index is 13.1. The predicted octanol–water partition coefficient (Wildman–Crippen LogP) is 7.98. The van der Waals surface area contributed by atoms with E-state index in [1.807, 2.05) is 84.9 Å². The molecule has 0 saturated heterocycles. The third kappa shape index (κ3) is 9.70. The molecule has 0 aliphatic rings. The van der Waals surface area contributed by atoms with Crippen LogP contribution in [0, 0.1) is 0 Å². The standard InChI is InChI=1S/C35H37NO6/c1-35(2,3)42-34(38)36-29-20-21-30(33(37)41-25-27-15-8-5-9-16-27)28(23-29)17-12-22-39-31-18-10-11-19-32(31)40-24-26-13-6-4-7-14-26/h4-11,13-16,18-21,23H,12,17,22,24-25H2,1-3H3,(H,36,38). The highest BCUT2D eigenvalue weighted by Crippen LogP contribution is 2.28. The van der Waals surface area contributed by atoms with Crippen molar-refractivity contribution in [3.05, 3.63) is 125 Å². The number of ether oxygens (including phenoxy) is 4. The molecule has 7 nitrogen and oxygen atoms in total. The molecule has 1 N–H and O–H groups in total. The van der Waals surface area contributed by atoms with Crippen LogP contribution in [0.1, 0.15) is 54.2 Å². The summed E-state index contributed by atoms with van der Waals surface area (Å²) >= 11 is 0. The first-order chi connectivity index (χ1) is 20.3. The molecular weight excluding hydrogens is 530 g/mol. The van der Waals surface area contributed by atoms with E-state index in [9.17, 15) is 9.59 Å². The number of anilines is 1. The van der Waals surface area contributed by atoms with Crippen LogP contribution in [0.5, 0.6) is 11.5 Å². The predicted molar refractivity (Wildman–Crippen MR) is 163 cm³/mol. The number of amides is 1. The Balaban J connectivity index is 1.41. The number of hydrogen-bond acceptors (Lipinski definition) is 6. The Morgan fingerprint density at radius 2 is 1.31 bits per heavy atom. The van der Waals surface area contributed by atoms with E-state index in [0.29, 0.717) is 48.8 Å². The summed E-state index contributed by atoms with van der Waals surface area (Å²) in [6, 6.07) is 32.1. The molecule has 0 heterocycles. The van der Waals surface area contributed by atoms with Gasteiger partial charge in [0.05, 0.1) is 12.2 Å². The van der Waals surface area contributed by atoms with Crippen LogP contribution in [0.3, 0.4) is 0 Å². The second kappa shape index (κ2) is 14.7. The van der Waals surface area contributed by atoms with Gasteiger partial charge in [-0.15, -0.1) is 0 Å². The molecule has 218 valence electrons. The molecule has 0 aromatic heterocycles. The van der Waals surface area contributed by atoms with Crippen molar-refractivity contribution in [3.63, 3.8) is 0 Å². The van der Waals surface area contributed by atoms with Crippen molar-refractivity contribution in [2.24, 2.45) is 0 Å². The highest BCUT2D eigenvalue weighted by Gasteiger charge is 2.18. The van der Waals surface area contributed by atoms with Crippen LogP contribution in [0.2, 0.25) is 0 Å². The van der Waals surface area contributed by atoms with E-state index in [-0.39, 0.29) is 6.61 Å². The van der Waals surface area contributed by atoms with Crippen molar-refractivity contribution in [1.82, 2.24) is 0 Å². The largest absolute Gasteiger partial charge is 0.490 e. The van der Waals surface area contributed by atoms with Crippen LogP contribution in [0.15, 0.2) is 103 Å². The number of hydrogen-bond donors (Lipinski definition) is 1. The molecule has 4 aromatic rings. The van der Waals surface area contributed by atoms with Gasteiger partial charge in [-0.3, -0.25) is 5.32 Å². The maximum Gasteiger partial charge on any atom is 0.412 e. The molecule has 4 rings (SSSR count). The summed E-state index contributed by atoms with van der Waals surface area (Å²) in [5, 5.41) is 2.75. The minimum Gasteiger partial charge on any atom is -0.490 e. The minimum absolute atomic E-state index is 0.167. The first-order valence-corrected chi connectivity index (χ1v) is 14.0. The molecule has 4 aromatic carbocycles. The monoisotopic (exact) mass is 567 g/mol. The molecule has 7 heteroatoms. The van der Waals surface area contributed by atoms with E-state index in [1.54, 1.807) is 39.0 Å². The summed E-state index contributed by atoms with van der Waals surface area (Å²) in [5.41, 5.74) is 3.04. The van der Waals surface area contributed by atoms with Gasteiger partial charge in [-0.05, 0) is 80.6 Å². The minimum atomic E-state index is -0.632. The molecule has 0 aliphatic carbocycles. The summed E-state index contributed by atoms with van der Waals surface area (Å²) in [7, 11) is 0. The van der Waals surface area contributed by atoms with Crippen molar-refractivity contribution < 1.29 is 28.5 Å². The Bertz CT molecular complexity index is 1450. The van der Waals surface area contributed by atoms with Crippen molar-refractivity contribution in [2.45, 2.75) is 52.4 Å². The van der Waals surface area contributed by atoms with Crippen LogP contribution in [0.25, 0.3) is 0 Å².